The van der Waals surface area contributed by atoms with Gasteiger partial charge >= 0.3 is 5.98 Å². The third-order valence-electron chi connectivity index (χ3n) is 0. The summed E-state index contributed by atoms with van der Waals surface area (Å²) in [5.74, 6) is -3.99. The molecule has 0 bridgehead atoms. The molecule has 0 aliphatic carbocycles. The van der Waals surface area contributed by atoms with E-state index in [0.29, 0.717) is 0 Å². The van der Waals surface area contributed by atoms with E-state index >= 15 is 0 Å². The molecule has 0 atom stereocenters. The van der Waals surface area contributed by atoms with Crippen LogP contribution in [0.3, 0.4) is 0 Å². The smallest absolute Gasteiger partial charge is 0.246 e. The van der Waals surface area contributed by atoms with Gasteiger partial charge in [-0.2, -0.15) is 0 Å². The van der Waals surface area contributed by atoms with Crippen molar-refractivity contribution in [1.29, 1.82) is 0 Å². The second kappa shape index (κ2) is 3.28. The maximum atomic E-state index is 11.0. The van der Waals surface area contributed by atoms with Crippen LogP contribution in [-0.4, -0.2) is 16.9 Å². The normalized spacial score (nSPS) is 10.0. The van der Waals surface area contributed by atoms with Gasteiger partial charge in [-0.05, 0) is 41.6 Å². The standard InChI is InChI=1S/Br2F2Si.H4Si/c1-5(2,3)4;/h;1H4. The Hall–Kier alpha value is 1.25. The zero-order valence-electron chi connectivity index (χ0n) is 2.01. The van der Waals surface area contributed by atoms with Gasteiger partial charge in [-0.25, -0.2) is 8.22 Å². The molecule has 0 radical (unpaired) electrons. The Balaban J connectivity index is 0. The Morgan fingerprint density at radius 1 is 1.17 bits per heavy atom. The molecule has 0 saturated carbocycles. The molecule has 0 aliphatic heterocycles. The number of hydrogen-bond acceptors (Lipinski definition) is 0. The molecule has 0 nitrogen and oxygen atoms in total. The summed E-state index contributed by atoms with van der Waals surface area (Å²) in [5, 5.41) is 0. The fourth-order valence-electron chi connectivity index (χ4n) is 0. The summed E-state index contributed by atoms with van der Waals surface area (Å²) in [4.78, 5) is 0. The van der Waals surface area contributed by atoms with Crippen molar-refractivity contribution >= 4 is 47.5 Å². The van der Waals surface area contributed by atoms with Crippen LogP contribution in [0.2, 0.25) is 0 Å². The zero-order chi connectivity index (χ0) is 4.50. The first-order chi connectivity index (χ1) is 2.00. The Morgan fingerprint density at radius 2 is 1.17 bits per heavy atom. The van der Waals surface area contributed by atoms with E-state index in [2.05, 4.69) is 30.6 Å². The zero-order valence-corrected chi connectivity index (χ0v) is 6.18. The minimum absolute atomic E-state index is 0. The van der Waals surface area contributed by atoms with Crippen molar-refractivity contribution in [1.82, 2.24) is 0 Å². The van der Waals surface area contributed by atoms with E-state index in [-0.39, 0.29) is 11.0 Å². The Morgan fingerprint density at radius 3 is 1.17 bits per heavy atom. The molecule has 40 valence electrons. The molecule has 6 heavy (non-hydrogen) atoms. The molecule has 6 heteroatoms. The lowest BCUT2D eigenvalue weighted by Gasteiger charge is -1.82. The molecular formula is H4Br2F2Si2. The lowest BCUT2D eigenvalue weighted by atomic mass is 18.8. The van der Waals surface area contributed by atoms with Crippen LogP contribution in [0.1, 0.15) is 0 Å². The fraction of sp³-hybridized carbons (Fsp3) is 0. The molecule has 0 aromatic rings. The Bertz CT molecular complexity index is 25.0. The SMILES string of the molecule is F[Si](F)(Br)Br.[SiH4]. The van der Waals surface area contributed by atoms with Gasteiger partial charge in [0.15, 0.2) is 0 Å². The molecule has 0 spiro atoms. The van der Waals surface area contributed by atoms with Crippen LogP contribution < -0.4 is 0 Å². The van der Waals surface area contributed by atoms with Crippen LogP contribution >= 0.6 is 30.6 Å². The molecule has 0 aliphatic rings. The molecule has 0 fully saturated rings. The van der Waals surface area contributed by atoms with E-state index in [0.717, 1.165) is 0 Å². The van der Waals surface area contributed by atoms with E-state index in [9.17, 15) is 8.22 Å². The van der Waals surface area contributed by atoms with Crippen molar-refractivity contribution in [2.75, 3.05) is 0 Å². The van der Waals surface area contributed by atoms with E-state index < -0.39 is 5.98 Å². The summed E-state index contributed by atoms with van der Waals surface area (Å²) in [6.45, 7) is 0. The van der Waals surface area contributed by atoms with Gasteiger partial charge in [-0.15, -0.1) is 0 Å². The lowest BCUT2D eigenvalue weighted by molar-refractivity contribution is 0.694. The number of halogens is 4. The van der Waals surface area contributed by atoms with Crippen LogP contribution in [0, 0.1) is 0 Å². The minimum atomic E-state index is -3.99. The van der Waals surface area contributed by atoms with Gasteiger partial charge in [0.1, 0.15) is 0 Å². The highest BCUT2D eigenvalue weighted by Gasteiger charge is 2.25. The molecule has 0 aromatic heterocycles. The monoisotopic (exact) mass is 256 g/mol. The highest BCUT2D eigenvalue weighted by molar-refractivity contribution is 9.50. The summed E-state index contributed by atoms with van der Waals surface area (Å²) >= 11 is 4.19. The molecule has 0 amide bonds. The summed E-state index contributed by atoms with van der Waals surface area (Å²) in [7, 11) is 0. The summed E-state index contributed by atoms with van der Waals surface area (Å²) < 4.78 is 22.0. The van der Waals surface area contributed by atoms with Crippen molar-refractivity contribution in [2.45, 2.75) is 0 Å². The lowest BCUT2D eigenvalue weighted by Crippen LogP contribution is -1.94. The quantitative estimate of drug-likeness (QED) is 0.443. The van der Waals surface area contributed by atoms with Crippen LogP contribution in [0.4, 0.5) is 8.22 Å². The first-order valence-electron chi connectivity index (χ1n) is 0.756. The second-order valence-corrected chi connectivity index (χ2v) is 10.5. The van der Waals surface area contributed by atoms with Gasteiger partial charge in [0.05, 0.1) is 0 Å². The first-order valence-corrected chi connectivity index (χ1v) is 7.03. The second-order valence-electron chi connectivity index (χ2n) is 0.429. The maximum Gasteiger partial charge on any atom is 0.565 e. The third kappa shape index (κ3) is 60.5. The topological polar surface area (TPSA) is 0 Å². The third-order valence-corrected chi connectivity index (χ3v) is 0. The number of hydrogen-bond donors (Lipinski definition) is 0. The first kappa shape index (κ1) is 10.3. The average Bonchev–Trinajstić information content (AvgIpc) is 0.722. The Kier molecular flexibility index (Phi) is 5.62. The van der Waals surface area contributed by atoms with E-state index in [1.165, 1.54) is 0 Å². The molecule has 0 unspecified atom stereocenters. The molecule has 0 N–H and O–H groups in total. The van der Waals surface area contributed by atoms with Gasteiger partial charge in [0, 0.05) is 0 Å². The van der Waals surface area contributed by atoms with E-state index in [1.807, 2.05) is 0 Å². The minimum Gasteiger partial charge on any atom is -0.246 e. The predicted octanol–water partition coefficient (Wildman–Crippen LogP) is 0.699. The van der Waals surface area contributed by atoms with Gasteiger partial charge in [0.2, 0.25) is 0 Å². The van der Waals surface area contributed by atoms with Crippen LogP contribution in [0.5, 0.6) is 0 Å². The maximum absolute atomic E-state index is 11.0. The molecule has 0 aromatic carbocycles. The van der Waals surface area contributed by atoms with Crippen LogP contribution in [0.25, 0.3) is 0 Å². The van der Waals surface area contributed by atoms with Crippen molar-refractivity contribution in [3.63, 3.8) is 0 Å². The Labute approximate surface area is 55.8 Å². The summed E-state index contributed by atoms with van der Waals surface area (Å²) in [5.41, 5.74) is 0. The van der Waals surface area contributed by atoms with Gasteiger partial charge in [0.25, 0.3) is 0 Å². The molecule has 0 saturated heterocycles. The molecule has 0 rings (SSSR count). The molecular weight excluding hydrogens is 254 g/mol. The predicted molar refractivity (Wildman–Crippen MR) is 37.2 cm³/mol. The summed E-state index contributed by atoms with van der Waals surface area (Å²) in [6.07, 6.45) is 0. The fourth-order valence-corrected chi connectivity index (χ4v) is 0. The molecule has 0 heterocycles. The van der Waals surface area contributed by atoms with E-state index in [4.69, 9.17) is 0 Å². The van der Waals surface area contributed by atoms with Crippen molar-refractivity contribution in [3.8, 4) is 0 Å². The highest BCUT2D eigenvalue weighted by atomic mass is 79.9. The highest BCUT2D eigenvalue weighted by Crippen LogP contribution is 2.21. The number of rotatable bonds is 0. The van der Waals surface area contributed by atoms with Gasteiger partial charge in [-0.3, -0.25) is 0 Å². The van der Waals surface area contributed by atoms with Gasteiger partial charge < -0.3 is 0 Å². The van der Waals surface area contributed by atoms with Gasteiger partial charge in [-0.1, -0.05) is 0 Å². The van der Waals surface area contributed by atoms with Crippen LogP contribution in [-0.2, 0) is 0 Å². The van der Waals surface area contributed by atoms with Crippen LogP contribution in [0.15, 0.2) is 0 Å². The average molecular weight is 258 g/mol. The van der Waals surface area contributed by atoms with E-state index in [1.54, 1.807) is 0 Å². The largest absolute Gasteiger partial charge is 0.565 e. The van der Waals surface area contributed by atoms with Crippen molar-refractivity contribution in [3.05, 3.63) is 0 Å². The van der Waals surface area contributed by atoms with Crippen molar-refractivity contribution in [2.24, 2.45) is 0 Å². The summed E-state index contributed by atoms with van der Waals surface area (Å²) in [6, 6.07) is 0. The van der Waals surface area contributed by atoms with Crippen molar-refractivity contribution < 1.29 is 8.22 Å².